The molecule has 2 aromatic heterocycles. The third-order valence-electron chi connectivity index (χ3n) is 7.38. The van der Waals surface area contributed by atoms with Crippen molar-refractivity contribution < 1.29 is 19.1 Å². The topological polar surface area (TPSA) is 143 Å². The first kappa shape index (κ1) is 30.8. The number of hydrogen-bond acceptors (Lipinski definition) is 8. The molecule has 0 spiro atoms. The van der Waals surface area contributed by atoms with Crippen LogP contribution < -0.4 is 21.3 Å². The van der Waals surface area contributed by atoms with Gasteiger partial charge in [-0.25, -0.2) is 9.78 Å². The van der Waals surface area contributed by atoms with Crippen LogP contribution in [0.25, 0.3) is 0 Å². The van der Waals surface area contributed by atoms with Gasteiger partial charge < -0.3 is 30.8 Å². The minimum Gasteiger partial charge on any atom is -0.444 e. The number of nitrogens with zero attached hydrogens (tertiary/aromatic N) is 3. The molecular weight excluding hydrogens is 580 g/mol. The fourth-order valence-corrected chi connectivity index (χ4v) is 5.63. The maximum atomic E-state index is 13.1. The van der Waals surface area contributed by atoms with Gasteiger partial charge in [-0.05, 0) is 91.8 Å². The van der Waals surface area contributed by atoms with Crippen molar-refractivity contribution in [1.29, 1.82) is 0 Å². The van der Waals surface area contributed by atoms with Crippen LogP contribution in [0.15, 0.2) is 35.2 Å². The van der Waals surface area contributed by atoms with Crippen molar-refractivity contribution in [1.82, 2.24) is 15.3 Å². The molecule has 3 rings (SSSR count). The molecule has 214 valence electrons. The van der Waals surface area contributed by atoms with E-state index >= 15 is 0 Å². The number of anilines is 3. The molecule has 2 atom stereocenters. The first-order valence-electron chi connectivity index (χ1n) is 13.1. The average Bonchev–Trinajstić information content (AvgIpc) is 2.80. The Kier molecular flexibility index (Phi) is 9.34. The standard InChI is InChI=1S/C27H41BrN6O4Si/c1-26(2,3)38-25(36)32-20-16-34(13-11-17(20)14-27(4,5)39(6,7)37)21-10-12-30-15-19(21)31-24(35)23-18(29)8-9-22(28)33-23/h8-10,12,15,17,20,37H,11,13-14,16,29H2,1-7H3,(H,31,35)(H,32,36)/t17-,20+/m0/s1. The normalized spacial score (nSPS) is 18.4. The predicted molar refractivity (Wildman–Crippen MR) is 160 cm³/mol. The summed E-state index contributed by atoms with van der Waals surface area (Å²) in [6.07, 6.45) is 4.33. The first-order valence-corrected chi connectivity index (χ1v) is 16.8. The molecule has 10 nitrogen and oxygen atoms in total. The monoisotopic (exact) mass is 620 g/mol. The number of piperidine rings is 1. The van der Waals surface area contributed by atoms with Crippen LogP contribution in [0.5, 0.6) is 0 Å². The van der Waals surface area contributed by atoms with E-state index in [0.717, 1.165) is 18.5 Å². The average molecular weight is 622 g/mol. The fourth-order valence-electron chi connectivity index (χ4n) is 4.56. The third-order valence-corrected chi connectivity index (χ3v) is 11.3. The van der Waals surface area contributed by atoms with E-state index in [0.29, 0.717) is 23.4 Å². The Balaban J connectivity index is 1.86. The van der Waals surface area contributed by atoms with Gasteiger partial charge in [-0.3, -0.25) is 9.78 Å². The molecule has 1 aliphatic rings. The summed E-state index contributed by atoms with van der Waals surface area (Å²) in [5.41, 5.74) is 7.03. The summed E-state index contributed by atoms with van der Waals surface area (Å²) in [6, 6.07) is 4.89. The van der Waals surface area contributed by atoms with Gasteiger partial charge >= 0.3 is 6.09 Å². The van der Waals surface area contributed by atoms with Crippen molar-refractivity contribution >= 4 is 53.3 Å². The number of carbonyl (C=O) groups is 2. The van der Waals surface area contributed by atoms with Gasteiger partial charge in [0.15, 0.2) is 14.0 Å². The second-order valence-corrected chi connectivity index (χ2v) is 17.6. The van der Waals surface area contributed by atoms with Crippen molar-refractivity contribution in [3.8, 4) is 0 Å². The van der Waals surface area contributed by atoms with Gasteiger partial charge in [0.05, 0.1) is 29.3 Å². The number of halogens is 1. The number of carbonyl (C=O) groups excluding carboxylic acids is 2. The Bertz CT molecular complexity index is 1200. The maximum Gasteiger partial charge on any atom is 0.407 e. The van der Waals surface area contributed by atoms with Crippen LogP contribution in [0.4, 0.5) is 21.9 Å². The van der Waals surface area contributed by atoms with E-state index < -0.39 is 25.9 Å². The van der Waals surface area contributed by atoms with Crippen LogP contribution in [-0.2, 0) is 4.74 Å². The fraction of sp³-hybridized carbons (Fsp3) is 0.556. The minimum absolute atomic E-state index is 0.111. The molecule has 0 aliphatic carbocycles. The highest BCUT2D eigenvalue weighted by molar-refractivity contribution is 9.10. The molecule has 2 aromatic rings. The number of hydrogen-bond donors (Lipinski definition) is 4. The summed E-state index contributed by atoms with van der Waals surface area (Å²) in [7, 11) is -2.46. The highest BCUT2D eigenvalue weighted by atomic mass is 79.9. The summed E-state index contributed by atoms with van der Waals surface area (Å²) >= 11 is 3.28. The van der Waals surface area contributed by atoms with E-state index in [4.69, 9.17) is 10.5 Å². The smallest absolute Gasteiger partial charge is 0.407 e. The molecule has 39 heavy (non-hydrogen) atoms. The lowest BCUT2D eigenvalue weighted by Crippen LogP contribution is -2.55. The number of nitrogen functional groups attached to an aromatic ring is 1. The number of pyridine rings is 2. The maximum absolute atomic E-state index is 13.1. The van der Waals surface area contributed by atoms with E-state index in [9.17, 15) is 14.4 Å². The minimum atomic E-state index is -2.46. The number of ether oxygens (including phenoxy) is 1. The molecule has 1 saturated heterocycles. The number of amides is 2. The van der Waals surface area contributed by atoms with Crippen LogP contribution >= 0.6 is 15.9 Å². The van der Waals surface area contributed by atoms with Gasteiger partial charge in [0.1, 0.15) is 10.2 Å². The highest BCUT2D eigenvalue weighted by Crippen LogP contribution is 2.44. The molecule has 0 aromatic carbocycles. The molecule has 12 heteroatoms. The molecule has 2 amide bonds. The van der Waals surface area contributed by atoms with Crippen LogP contribution in [0.3, 0.4) is 0 Å². The van der Waals surface area contributed by atoms with E-state index in [-0.39, 0.29) is 28.4 Å². The Morgan fingerprint density at radius 3 is 2.56 bits per heavy atom. The molecule has 0 radical (unpaired) electrons. The van der Waals surface area contributed by atoms with Crippen molar-refractivity contribution in [3.63, 3.8) is 0 Å². The van der Waals surface area contributed by atoms with E-state index in [1.807, 2.05) is 39.9 Å². The molecule has 0 unspecified atom stereocenters. The van der Waals surface area contributed by atoms with E-state index in [1.54, 1.807) is 24.5 Å². The first-order chi connectivity index (χ1) is 18.0. The number of nitrogens with one attached hydrogen (secondary N) is 2. The third kappa shape index (κ3) is 8.15. The van der Waals surface area contributed by atoms with Gasteiger partial charge in [-0.15, -0.1) is 0 Å². The summed E-state index contributed by atoms with van der Waals surface area (Å²) in [4.78, 5) is 47.4. The molecule has 0 saturated carbocycles. The van der Waals surface area contributed by atoms with Gasteiger partial charge in [0.2, 0.25) is 0 Å². The second kappa shape index (κ2) is 11.8. The van der Waals surface area contributed by atoms with Crippen molar-refractivity contribution in [2.24, 2.45) is 5.92 Å². The number of alkyl carbamates (subject to hydrolysis) is 1. The zero-order valence-corrected chi connectivity index (χ0v) is 26.4. The van der Waals surface area contributed by atoms with Crippen molar-refractivity contribution in [2.75, 3.05) is 29.0 Å². The molecule has 5 N–H and O–H groups in total. The van der Waals surface area contributed by atoms with Gasteiger partial charge in [0.25, 0.3) is 5.91 Å². The molecule has 0 bridgehead atoms. The Morgan fingerprint density at radius 2 is 1.92 bits per heavy atom. The summed E-state index contributed by atoms with van der Waals surface area (Å²) in [5, 5.41) is 5.75. The summed E-state index contributed by atoms with van der Waals surface area (Å²) < 4.78 is 6.08. The van der Waals surface area contributed by atoms with Crippen LogP contribution in [0.2, 0.25) is 18.1 Å². The van der Waals surface area contributed by atoms with E-state index in [2.05, 4.69) is 55.3 Å². The molecule has 1 aliphatic heterocycles. The number of aromatic nitrogens is 2. The molecule has 1 fully saturated rings. The largest absolute Gasteiger partial charge is 0.444 e. The van der Waals surface area contributed by atoms with Crippen LogP contribution in [0, 0.1) is 5.92 Å². The Morgan fingerprint density at radius 1 is 1.23 bits per heavy atom. The quantitative estimate of drug-likeness (QED) is 0.245. The Labute approximate surface area is 240 Å². The lowest BCUT2D eigenvalue weighted by molar-refractivity contribution is 0.0474. The van der Waals surface area contributed by atoms with Gasteiger partial charge in [0, 0.05) is 19.3 Å². The lowest BCUT2D eigenvalue weighted by atomic mass is 9.84. The summed E-state index contributed by atoms with van der Waals surface area (Å²) in [5.74, 6) is -0.313. The number of rotatable bonds is 7. The SMILES string of the molecule is CC(C)(C)OC(=O)N[C@@H]1CN(c2ccncc2NC(=O)c2nc(Br)ccc2N)CC[C@H]1CC(C)(C)[Si](C)(C)O. The van der Waals surface area contributed by atoms with Crippen molar-refractivity contribution in [3.05, 3.63) is 40.9 Å². The van der Waals surface area contributed by atoms with Gasteiger partial charge in [-0.2, -0.15) is 0 Å². The number of nitrogens with two attached hydrogens (primary N) is 1. The highest BCUT2D eigenvalue weighted by Gasteiger charge is 2.43. The zero-order valence-electron chi connectivity index (χ0n) is 23.8. The molecular formula is C27H41BrN6O4Si. The Hall–Kier alpha value is -2.70. The predicted octanol–water partition coefficient (Wildman–Crippen LogP) is 5.16. The lowest BCUT2D eigenvalue weighted by Gasteiger charge is -2.45. The zero-order chi connectivity index (χ0) is 29.2. The van der Waals surface area contributed by atoms with Crippen LogP contribution in [0.1, 0.15) is 57.9 Å². The van der Waals surface area contributed by atoms with Gasteiger partial charge in [-0.1, -0.05) is 13.8 Å². The second-order valence-electron chi connectivity index (χ2n) is 12.3. The van der Waals surface area contributed by atoms with E-state index in [1.165, 1.54) is 0 Å². The van der Waals surface area contributed by atoms with Crippen LogP contribution in [-0.4, -0.2) is 59.8 Å². The molecule has 3 heterocycles. The van der Waals surface area contributed by atoms with Crippen molar-refractivity contribution in [2.45, 2.75) is 77.2 Å². The summed E-state index contributed by atoms with van der Waals surface area (Å²) in [6.45, 7) is 14.8.